The van der Waals surface area contributed by atoms with Crippen LogP contribution in [0.2, 0.25) is 0 Å². The third-order valence-corrected chi connectivity index (χ3v) is 6.64. The average molecular weight is 525 g/mol. The van der Waals surface area contributed by atoms with Crippen LogP contribution in [0.1, 0.15) is 40.7 Å². The highest BCUT2D eigenvalue weighted by Crippen LogP contribution is 2.47. The van der Waals surface area contributed by atoms with E-state index in [9.17, 15) is 35.5 Å². The van der Waals surface area contributed by atoms with E-state index < -0.39 is 46.7 Å². The first-order valence-corrected chi connectivity index (χ1v) is 11.3. The summed E-state index contributed by atoms with van der Waals surface area (Å²) in [5.41, 5.74) is -4.23. The quantitative estimate of drug-likeness (QED) is 0.268. The molecule has 1 heterocycles. The predicted molar refractivity (Wildman–Crippen MR) is 121 cm³/mol. The van der Waals surface area contributed by atoms with Crippen molar-refractivity contribution in [1.29, 1.82) is 0 Å². The van der Waals surface area contributed by atoms with Crippen LogP contribution in [-0.2, 0) is 34.0 Å². The molecule has 0 amide bonds. The summed E-state index contributed by atoms with van der Waals surface area (Å²) < 4.78 is 101. The van der Waals surface area contributed by atoms with Gasteiger partial charge in [0.1, 0.15) is 12.4 Å². The van der Waals surface area contributed by atoms with Crippen LogP contribution < -0.4 is 0 Å². The van der Waals surface area contributed by atoms with Crippen molar-refractivity contribution in [3.05, 3.63) is 106 Å². The number of morpholine rings is 1. The Morgan fingerprint density at radius 2 is 1.46 bits per heavy atom. The Hall–Kier alpha value is -3.40. The van der Waals surface area contributed by atoms with Gasteiger partial charge in [0, 0.05) is 19.0 Å². The molecular formula is C27H22F7NO2. The van der Waals surface area contributed by atoms with Crippen molar-refractivity contribution < 1.29 is 40.3 Å². The van der Waals surface area contributed by atoms with Gasteiger partial charge in [-0.3, -0.25) is 4.90 Å². The third-order valence-electron chi connectivity index (χ3n) is 6.64. The number of benzene rings is 3. The van der Waals surface area contributed by atoms with Gasteiger partial charge in [-0.2, -0.15) is 26.3 Å². The first-order chi connectivity index (χ1) is 17.3. The molecule has 1 saturated heterocycles. The number of carbonyl (C=O) groups is 1. The van der Waals surface area contributed by atoms with Crippen LogP contribution in [0.3, 0.4) is 0 Å². The maximum atomic E-state index is 13.8. The third kappa shape index (κ3) is 5.20. The number of cyclic esters (lactones) is 1. The molecule has 0 aromatic heterocycles. The van der Waals surface area contributed by atoms with Gasteiger partial charge in [-0.25, -0.2) is 9.18 Å². The van der Waals surface area contributed by atoms with Crippen molar-refractivity contribution in [2.75, 3.05) is 13.2 Å². The number of halogens is 7. The van der Waals surface area contributed by atoms with Gasteiger partial charge in [-0.05, 0) is 47.0 Å². The number of ether oxygens (including phenoxy) is 1. The number of rotatable bonds is 5. The lowest BCUT2D eigenvalue weighted by Crippen LogP contribution is -2.60. The number of hydrogen-bond donors (Lipinski definition) is 0. The Labute approximate surface area is 208 Å². The van der Waals surface area contributed by atoms with Crippen LogP contribution in [0.4, 0.5) is 30.7 Å². The first-order valence-electron chi connectivity index (χ1n) is 11.3. The molecule has 37 heavy (non-hydrogen) atoms. The van der Waals surface area contributed by atoms with Crippen molar-refractivity contribution in [3.8, 4) is 0 Å². The summed E-state index contributed by atoms with van der Waals surface area (Å²) in [5.74, 6) is -2.72. The van der Waals surface area contributed by atoms with E-state index in [2.05, 4.69) is 0 Å². The van der Waals surface area contributed by atoms with Crippen molar-refractivity contribution >= 4 is 5.97 Å². The number of carbonyl (C=O) groups excluding carboxylic acids is 1. The van der Waals surface area contributed by atoms with Crippen molar-refractivity contribution in [2.45, 2.75) is 37.3 Å². The average Bonchev–Trinajstić information content (AvgIpc) is 2.84. The summed E-state index contributed by atoms with van der Waals surface area (Å²) in [4.78, 5) is 15.2. The van der Waals surface area contributed by atoms with E-state index >= 15 is 0 Å². The molecule has 0 aliphatic carbocycles. The highest BCUT2D eigenvalue weighted by atomic mass is 19.4. The molecule has 3 aromatic carbocycles. The smallest absolute Gasteiger partial charge is 0.416 e. The Kier molecular flexibility index (Phi) is 7.07. The van der Waals surface area contributed by atoms with Gasteiger partial charge in [-0.15, -0.1) is 0 Å². The van der Waals surface area contributed by atoms with Gasteiger partial charge in [0.15, 0.2) is 5.54 Å². The summed E-state index contributed by atoms with van der Waals surface area (Å²) in [7, 11) is 0. The zero-order chi connectivity index (χ0) is 27.0. The Bertz CT molecular complexity index is 1220. The largest absolute Gasteiger partial charge is 0.463 e. The second kappa shape index (κ2) is 9.81. The zero-order valence-electron chi connectivity index (χ0n) is 19.5. The fraction of sp³-hybridized carbons (Fsp3) is 0.296. The fourth-order valence-corrected chi connectivity index (χ4v) is 4.85. The molecule has 2 atom stereocenters. The predicted octanol–water partition coefficient (Wildman–Crippen LogP) is 6.92. The minimum absolute atomic E-state index is 0.0300. The molecule has 1 aliphatic heterocycles. The molecule has 1 fully saturated rings. The van der Waals surface area contributed by atoms with Gasteiger partial charge in [0.2, 0.25) is 0 Å². The molecule has 1 aliphatic rings. The monoisotopic (exact) mass is 525 g/mol. The highest BCUT2D eigenvalue weighted by molar-refractivity contribution is 5.85. The van der Waals surface area contributed by atoms with Gasteiger partial charge in [0.05, 0.1) is 11.1 Å². The molecule has 0 radical (unpaired) electrons. The Morgan fingerprint density at radius 3 is 2.00 bits per heavy atom. The van der Waals surface area contributed by atoms with E-state index in [0.717, 1.165) is 17.7 Å². The maximum absolute atomic E-state index is 13.8. The van der Waals surface area contributed by atoms with Crippen LogP contribution >= 0.6 is 0 Å². The topological polar surface area (TPSA) is 29.5 Å². The Balaban J connectivity index is 1.96. The summed E-state index contributed by atoms with van der Waals surface area (Å²) in [6.07, 6.45) is -10.1. The fourth-order valence-electron chi connectivity index (χ4n) is 4.85. The van der Waals surface area contributed by atoms with Crippen LogP contribution in [0.5, 0.6) is 0 Å². The molecule has 10 heteroatoms. The lowest BCUT2D eigenvalue weighted by Gasteiger charge is -2.49. The minimum atomic E-state index is -5.06. The standard InChI is InChI=1S/C27H22F7NO2/c1-17(19-13-21(26(29,30)31)15-22(14-19)27(32,33)34)25(20-7-9-23(28)10-8-20)24(36)37-12-11-35(25)16-18-5-3-2-4-6-18/h2-10,13-15,17H,11-12,16H2,1H3/t17-,25-/m0/s1. The van der Waals surface area contributed by atoms with Crippen molar-refractivity contribution in [3.63, 3.8) is 0 Å². The number of hydrogen-bond acceptors (Lipinski definition) is 3. The van der Waals surface area contributed by atoms with E-state index in [4.69, 9.17) is 4.74 Å². The van der Waals surface area contributed by atoms with Crippen LogP contribution in [0.15, 0.2) is 72.8 Å². The summed E-state index contributed by atoms with van der Waals surface area (Å²) >= 11 is 0. The SMILES string of the molecule is C[C@@H](c1cc(C(F)(F)F)cc(C(F)(F)F)c1)[C@]1(c2ccc(F)cc2)C(=O)OCCN1Cc1ccccc1. The van der Waals surface area contributed by atoms with Gasteiger partial charge >= 0.3 is 18.3 Å². The highest BCUT2D eigenvalue weighted by Gasteiger charge is 2.54. The second-order valence-electron chi connectivity index (χ2n) is 8.88. The molecular weight excluding hydrogens is 503 g/mol. The molecule has 0 bridgehead atoms. The van der Waals surface area contributed by atoms with Crippen LogP contribution in [-0.4, -0.2) is 24.0 Å². The normalized spacial score (nSPS) is 19.9. The summed E-state index contributed by atoms with van der Waals surface area (Å²) in [6.45, 7) is 1.64. The Morgan fingerprint density at radius 1 is 0.892 bits per heavy atom. The zero-order valence-corrected chi connectivity index (χ0v) is 19.5. The van der Waals surface area contributed by atoms with Gasteiger partial charge in [0.25, 0.3) is 0 Å². The molecule has 196 valence electrons. The van der Waals surface area contributed by atoms with Crippen molar-refractivity contribution in [2.24, 2.45) is 0 Å². The minimum Gasteiger partial charge on any atom is -0.463 e. The molecule has 0 unspecified atom stereocenters. The number of nitrogens with zero attached hydrogens (tertiary/aromatic N) is 1. The van der Waals surface area contributed by atoms with Gasteiger partial charge in [-0.1, -0.05) is 49.4 Å². The molecule has 0 saturated carbocycles. The summed E-state index contributed by atoms with van der Waals surface area (Å²) in [5, 5.41) is 0. The van der Waals surface area contributed by atoms with E-state index in [1.807, 2.05) is 0 Å². The maximum Gasteiger partial charge on any atom is 0.416 e. The molecule has 3 aromatic rings. The van der Waals surface area contributed by atoms with Gasteiger partial charge < -0.3 is 4.74 Å². The second-order valence-corrected chi connectivity index (χ2v) is 8.88. The lowest BCUT2D eigenvalue weighted by atomic mass is 9.72. The lowest BCUT2D eigenvalue weighted by molar-refractivity contribution is -0.173. The molecule has 0 spiro atoms. The molecule has 3 nitrogen and oxygen atoms in total. The molecule has 4 rings (SSSR count). The first kappa shape index (κ1) is 26.7. The van der Waals surface area contributed by atoms with E-state index in [0.29, 0.717) is 12.1 Å². The van der Waals surface area contributed by atoms with Crippen LogP contribution in [0.25, 0.3) is 0 Å². The van der Waals surface area contributed by atoms with E-state index in [1.54, 1.807) is 35.2 Å². The number of alkyl halides is 6. The molecule has 0 N–H and O–H groups in total. The van der Waals surface area contributed by atoms with E-state index in [1.165, 1.54) is 19.1 Å². The number of esters is 1. The van der Waals surface area contributed by atoms with E-state index in [-0.39, 0.29) is 36.9 Å². The van der Waals surface area contributed by atoms with Crippen LogP contribution in [0, 0.1) is 5.82 Å². The van der Waals surface area contributed by atoms with Crippen molar-refractivity contribution in [1.82, 2.24) is 4.90 Å². The summed E-state index contributed by atoms with van der Waals surface area (Å²) in [6, 6.07) is 14.9.